The Labute approximate surface area is 269 Å². The van der Waals surface area contributed by atoms with Crippen LogP contribution in [0.5, 0.6) is 0 Å². The van der Waals surface area contributed by atoms with Crippen molar-refractivity contribution in [2.24, 2.45) is 34.5 Å². The number of ether oxygens (including phenoxy) is 6. The second-order valence-corrected chi connectivity index (χ2v) is 14.4. The van der Waals surface area contributed by atoms with E-state index in [1.807, 2.05) is 6.92 Å². The van der Waals surface area contributed by atoms with Crippen molar-refractivity contribution in [2.45, 2.75) is 80.6 Å². The highest BCUT2D eigenvalue weighted by atomic mass is 16.6. The third-order valence-corrected chi connectivity index (χ3v) is 13.2. The molecule has 6 fully saturated rings. The number of carbonyl (C=O) groups is 2. The molecule has 1 spiro atoms. The maximum absolute atomic E-state index is 13.8. The number of esters is 2. The number of piperidine rings is 1. The summed E-state index contributed by atoms with van der Waals surface area (Å²) in [5.74, 6) is -3.65. The Bertz CT molecular complexity index is 1360. The van der Waals surface area contributed by atoms with Crippen LogP contribution in [0.3, 0.4) is 0 Å². The molecular formula is C34H47NO11. The minimum Gasteiger partial charge on any atom is -0.455 e. The van der Waals surface area contributed by atoms with E-state index in [2.05, 4.69) is 4.90 Å². The van der Waals surface area contributed by atoms with E-state index < -0.39 is 88.3 Å². The smallest absolute Gasteiger partial charge is 0.338 e. The van der Waals surface area contributed by atoms with Crippen LogP contribution in [0.25, 0.3) is 0 Å². The zero-order chi connectivity index (χ0) is 33.0. The van der Waals surface area contributed by atoms with Gasteiger partial charge in [0.1, 0.15) is 23.9 Å². The molecule has 0 radical (unpaired) electrons. The zero-order valence-corrected chi connectivity index (χ0v) is 27.3. The monoisotopic (exact) mass is 645 g/mol. The largest absolute Gasteiger partial charge is 0.455 e. The fraction of sp³-hybridized carbons (Fsp3) is 0.765. The van der Waals surface area contributed by atoms with Crippen LogP contribution < -0.4 is 0 Å². The molecule has 1 saturated heterocycles. The van der Waals surface area contributed by atoms with Gasteiger partial charge in [0.2, 0.25) is 0 Å². The molecule has 3 N–H and O–H groups in total. The maximum Gasteiger partial charge on any atom is 0.338 e. The van der Waals surface area contributed by atoms with Gasteiger partial charge in [-0.15, -0.1) is 0 Å². The first-order valence-corrected chi connectivity index (χ1v) is 16.3. The fourth-order valence-corrected chi connectivity index (χ4v) is 12.3. The van der Waals surface area contributed by atoms with Gasteiger partial charge in [0.25, 0.3) is 0 Å². The van der Waals surface area contributed by atoms with Gasteiger partial charge in [-0.1, -0.05) is 25.1 Å². The highest BCUT2D eigenvalue weighted by molar-refractivity contribution is 5.89. The number of hydrogen-bond acceptors (Lipinski definition) is 12. The summed E-state index contributed by atoms with van der Waals surface area (Å²) < 4.78 is 37.4. The first-order valence-electron chi connectivity index (χ1n) is 16.3. The van der Waals surface area contributed by atoms with Crippen LogP contribution in [0, 0.1) is 34.5 Å². The number of aliphatic hydroxyl groups is 3. The van der Waals surface area contributed by atoms with Crippen molar-refractivity contribution < 1.29 is 53.3 Å². The molecule has 1 heterocycles. The summed E-state index contributed by atoms with van der Waals surface area (Å²) in [6.07, 6.45) is -5.49. The summed E-state index contributed by atoms with van der Waals surface area (Å²) in [4.78, 5) is 29.3. The molecule has 12 heteroatoms. The van der Waals surface area contributed by atoms with Crippen molar-refractivity contribution in [3.8, 4) is 0 Å². The Morgan fingerprint density at radius 1 is 1.00 bits per heavy atom. The maximum atomic E-state index is 13.8. The van der Waals surface area contributed by atoms with Crippen molar-refractivity contribution in [1.29, 1.82) is 0 Å². The Kier molecular flexibility index (Phi) is 7.69. The number of nitrogens with zero attached hydrogens (tertiary/aromatic N) is 1. The molecule has 0 aromatic heterocycles. The third-order valence-electron chi connectivity index (χ3n) is 13.2. The Hall–Kier alpha value is -2.16. The average molecular weight is 646 g/mol. The lowest BCUT2D eigenvalue weighted by Gasteiger charge is -2.70. The summed E-state index contributed by atoms with van der Waals surface area (Å²) in [7, 11) is 6.27. The van der Waals surface area contributed by atoms with Crippen molar-refractivity contribution in [3.63, 3.8) is 0 Å². The number of hydrogen-bond donors (Lipinski definition) is 3. The molecule has 2 unspecified atom stereocenters. The normalized spacial score (nSPS) is 49.9. The van der Waals surface area contributed by atoms with Gasteiger partial charge in [-0.05, 0) is 31.0 Å². The lowest BCUT2D eigenvalue weighted by atomic mass is 9.42. The SMILES string of the molecule is CCN1C[C@]2(COC)[C@H](O)C[C@H](OC)[C@]34C1C([C@H](OC)[C@H]23)[C@]1(OC(C)=O)[C@H]2[C@@H](OC(=O)c3ccccc3)[C@@](O)(C[C@H]24)[C@@H](OC)[C@@H]1O. The molecule has 5 aliphatic carbocycles. The Morgan fingerprint density at radius 3 is 2.30 bits per heavy atom. The van der Waals surface area contributed by atoms with Crippen molar-refractivity contribution >= 4 is 11.9 Å². The van der Waals surface area contributed by atoms with Crippen LogP contribution in [-0.4, -0.2) is 134 Å². The van der Waals surface area contributed by atoms with Crippen LogP contribution in [0.4, 0.5) is 0 Å². The minimum absolute atomic E-state index is 0.0791. The van der Waals surface area contributed by atoms with E-state index in [1.165, 1.54) is 14.0 Å². The van der Waals surface area contributed by atoms with E-state index in [4.69, 9.17) is 28.4 Å². The number of aliphatic hydroxyl groups excluding tert-OH is 2. The third kappa shape index (κ3) is 3.62. The molecule has 15 atom stereocenters. The Morgan fingerprint density at radius 2 is 1.72 bits per heavy atom. The molecule has 46 heavy (non-hydrogen) atoms. The van der Waals surface area contributed by atoms with Crippen LogP contribution >= 0.6 is 0 Å². The van der Waals surface area contributed by atoms with Crippen molar-refractivity contribution in [2.75, 3.05) is 48.1 Å². The average Bonchev–Trinajstić information content (AvgIpc) is 3.41. The second kappa shape index (κ2) is 10.9. The van der Waals surface area contributed by atoms with Crippen molar-refractivity contribution in [1.82, 2.24) is 4.90 Å². The molecule has 1 aromatic carbocycles. The first-order chi connectivity index (χ1) is 22.0. The quantitative estimate of drug-likeness (QED) is 0.323. The topological polar surface area (TPSA) is 153 Å². The van der Waals surface area contributed by atoms with Gasteiger partial charge < -0.3 is 43.7 Å². The van der Waals surface area contributed by atoms with E-state index in [0.29, 0.717) is 25.1 Å². The molecule has 254 valence electrons. The summed E-state index contributed by atoms with van der Waals surface area (Å²) >= 11 is 0. The van der Waals surface area contributed by atoms with E-state index in [9.17, 15) is 24.9 Å². The highest BCUT2D eigenvalue weighted by Gasteiger charge is 2.92. The molecular weight excluding hydrogens is 598 g/mol. The Balaban J connectivity index is 1.53. The predicted octanol–water partition coefficient (Wildman–Crippen LogP) is 0.648. The van der Waals surface area contributed by atoms with E-state index in [0.717, 1.165) is 0 Å². The summed E-state index contributed by atoms with van der Waals surface area (Å²) in [5.41, 5.74) is -4.79. The molecule has 1 aliphatic heterocycles. The van der Waals surface area contributed by atoms with E-state index in [-0.39, 0.29) is 25.0 Å². The van der Waals surface area contributed by atoms with Crippen LogP contribution in [-0.2, 0) is 33.2 Å². The number of likely N-dealkylation sites (tertiary alicyclic amines) is 1. The van der Waals surface area contributed by atoms with Gasteiger partial charge in [0, 0.05) is 83.0 Å². The van der Waals surface area contributed by atoms with Crippen molar-refractivity contribution in [3.05, 3.63) is 35.9 Å². The van der Waals surface area contributed by atoms with Gasteiger partial charge >= 0.3 is 11.9 Å². The summed E-state index contributed by atoms with van der Waals surface area (Å²) in [6.45, 7) is 4.68. The molecule has 6 aliphatic rings. The number of fused-ring (bicyclic) bond motifs is 2. The molecule has 0 amide bonds. The molecule has 1 aromatic rings. The van der Waals surface area contributed by atoms with Crippen LogP contribution in [0.15, 0.2) is 30.3 Å². The molecule has 7 bridgehead atoms. The standard InChI is InChI=1S/C34H47NO11/c1-7-35-15-31(16-41-3)20(37)13-21(42-4)33-19-14-32(40)28(45-30(39)18-11-9-8-10-12-18)22(19)34(46-17(2)36,27(38)29(32)44-6)23(26(33)35)24(43-5)25(31)33/h8-12,19-29,37-38,40H,7,13-16H2,1-6H3/t19-,20-,21+,22-,23?,24+,25-,26?,27+,28-,29+,31+,32+,33+,34-/m1/s1. The number of carbonyl (C=O) groups excluding carboxylic acids is 2. The number of benzene rings is 1. The number of rotatable bonds is 9. The molecule has 7 rings (SSSR count). The predicted molar refractivity (Wildman–Crippen MR) is 160 cm³/mol. The van der Waals surface area contributed by atoms with Crippen LogP contribution in [0.2, 0.25) is 0 Å². The van der Waals surface area contributed by atoms with Gasteiger partial charge in [0.05, 0.1) is 30.5 Å². The lowest BCUT2D eigenvalue weighted by Crippen LogP contribution is -2.81. The second-order valence-electron chi connectivity index (χ2n) is 14.4. The first kappa shape index (κ1) is 32.4. The minimum atomic E-state index is -1.83. The van der Waals surface area contributed by atoms with Gasteiger partial charge in [-0.25, -0.2) is 4.79 Å². The zero-order valence-electron chi connectivity index (χ0n) is 27.3. The highest BCUT2D eigenvalue weighted by Crippen LogP contribution is 2.80. The lowest BCUT2D eigenvalue weighted by molar-refractivity contribution is -0.322. The molecule has 5 saturated carbocycles. The summed E-state index contributed by atoms with van der Waals surface area (Å²) in [5, 5.41) is 37.3. The van der Waals surface area contributed by atoms with E-state index >= 15 is 0 Å². The molecule has 12 nitrogen and oxygen atoms in total. The van der Waals surface area contributed by atoms with Gasteiger partial charge in [-0.2, -0.15) is 0 Å². The van der Waals surface area contributed by atoms with Gasteiger partial charge in [0.15, 0.2) is 5.60 Å². The van der Waals surface area contributed by atoms with Gasteiger partial charge in [-0.3, -0.25) is 9.69 Å². The fourth-order valence-electron chi connectivity index (χ4n) is 12.3. The number of methoxy groups -OCH3 is 4. The summed E-state index contributed by atoms with van der Waals surface area (Å²) in [6, 6.07) is 8.18. The van der Waals surface area contributed by atoms with E-state index in [1.54, 1.807) is 51.7 Å². The van der Waals surface area contributed by atoms with Crippen LogP contribution in [0.1, 0.15) is 37.0 Å².